The van der Waals surface area contributed by atoms with Crippen molar-refractivity contribution in [2.24, 2.45) is 29.6 Å². The topological polar surface area (TPSA) is 52.6 Å². The van der Waals surface area contributed by atoms with E-state index in [0.717, 1.165) is 31.3 Å². The first-order valence-electron chi connectivity index (χ1n) is 8.42. The van der Waals surface area contributed by atoms with Gasteiger partial charge in [0.05, 0.1) is 6.61 Å². The van der Waals surface area contributed by atoms with Crippen LogP contribution in [0, 0.1) is 29.6 Å². The second-order valence-corrected chi connectivity index (χ2v) is 7.31. The number of aliphatic hydroxyl groups excluding tert-OH is 1. The zero-order chi connectivity index (χ0) is 13.7. The average molecular weight is 278 g/mol. The van der Waals surface area contributed by atoms with Gasteiger partial charge >= 0.3 is 0 Å². The lowest BCUT2D eigenvalue weighted by molar-refractivity contribution is -0.134. The fourth-order valence-corrected chi connectivity index (χ4v) is 5.46. The number of rotatable bonds is 5. The van der Waals surface area contributed by atoms with Crippen molar-refractivity contribution < 1.29 is 9.90 Å². The Labute approximate surface area is 120 Å². The summed E-state index contributed by atoms with van der Waals surface area (Å²) in [6.07, 6.45) is 6.49. The van der Waals surface area contributed by atoms with E-state index in [1.54, 1.807) is 0 Å². The standard InChI is InChI=1S/C16H26N2O2/c19-7-6-18(9-12-2-1-5-17-12)16(20)15-13-10-3-4-11(8-10)14(13)15/h10-15,17,19H,1-9H2. The Morgan fingerprint density at radius 1 is 1.20 bits per heavy atom. The number of hydrogen-bond acceptors (Lipinski definition) is 3. The first-order chi connectivity index (χ1) is 9.79. The molecule has 1 aliphatic heterocycles. The van der Waals surface area contributed by atoms with Gasteiger partial charge in [-0.2, -0.15) is 0 Å². The maximum Gasteiger partial charge on any atom is 0.226 e. The van der Waals surface area contributed by atoms with E-state index in [9.17, 15) is 9.90 Å². The highest BCUT2D eigenvalue weighted by molar-refractivity contribution is 5.83. The van der Waals surface area contributed by atoms with Crippen LogP contribution in [0.5, 0.6) is 0 Å². The Morgan fingerprint density at radius 2 is 1.95 bits per heavy atom. The van der Waals surface area contributed by atoms with Crippen LogP contribution in [0.4, 0.5) is 0 Å². The molecule has 4 nitrogen and oxygen atoms in total. The molecule has 1 amide bonds. The second-order valence-electron chi connectivity index (χ2n) is 7.31. The van der Waals surface area contributed by atoms with Crippen molar-refractivity contribution in [3.05, 3.63) is 0 Å². The first-order valence-corrected chi connectivity index (χ1v) is 8.42. The predicted molar refractivity (Wildman–Crippen MR) is 76.0 cm³/mol. The Morgan fingerprint density at radius 3 is 2.55 bits per heavy atom. The third kappa shape index (κ3) is 2.00. The van der Waals surface area contributed by atoms with Crippen LogP contribution in [0.1, 0.15) is 32.1 Å². The summed E-state index contributed by atoms with van der Waals surface area (Å²) in [6.45, 7) is 2.48. The summed E-state index contributed by atoms with van der Waals surface area (Å²) in [6, 6.07) is 0.445. The molecule has 4 rings (SSSR count). The SMILES string of the molecule is O=C(C1C2C3CCC(C3)C12)N(CCO)CC1CCCN1. The summed E-state index contributed by atoms with van der Waals surface area (Å²) in [7, 11) is 0. The molecule has 0 radical (unpaired) electrons. The molecule has 2 bridgehead atoms. The maximum atomic E-state index is 12.8. The van der Waals surface area contributed by atoms with E-state index in [0.29, 0.717) is 36.2 Å². The summed E-state index contributed by atoms with van der Waals surface area (Å²) >= 11 is 0. The number of nitrogens with one attached hydrogen (secondary N) is 1. The quantitative estimate of drug-likeness (QED) is 0.784. The molecule has 2 N–H and O–H groups in total. The van der Waals surface area contributed by atoms with Gasteiger partial charge in [-0.05, 0) is 62.3 Å². The smallest absolute Gasteiger partial charge is 0.226 e. The second kappa shape index (κ2) is 4.99. The van der Waals surface area contributed by atoms with Gasteiger partial charge in [-0.1, -0.05) is 0 Å². The predicted octanol–water partition coefficient (Wildman–Crippen LogP) is 0.851. The number of nitrogens with zero attached hydrogens (tertiary/aromatic N) is 1. The maximum absolute atomic E-state index is 12.8. The van der Waals surface area contributed by atoms with E-state index in [1.807, 2.05) is 4.90 Å². The molecule has 0 aromatic carbocycles. The molecule has 4 heteroatoms. The van der Waals surface area contributed by atoms with Gasteiger partial charge in [0.25, 0.3) is 0 Å². The molecule has 20 heavy (non-hydrogen) atoms. The summed E-state index contributed by atoms with van der Waals surface area (Å²) in [5, 5.41) is 12.7. The van der Waals surface area contributed by atoms with Gasteiger partial charge in [0.2, 0.25) is 5.91 Å². The molecule has 5 atom stereocenters. The van der Waals surface area contributed by atoms with Gasteiger partial charge < -0.3 is 15.3 Å². The van der Waals surface area contributed by atoms with Gasteiger partial charge in [0.15, 0.2) is 0 Å². The van der Waals surface area contributed by atoms with Crippen molar-refractivity contribution in [1.29, 1.82) is 0 Å². The van der Waals surface area contributed by atoms with Crippen molar-refractivity contribution in [3.8, 4) is 0 Å². The van der Waals surface area contributed by atoms with Crippen molar-refractivity contribution >= 4 is 5.91 Å². The highest BCUT2D eigenvalue weighted by atomic mass is 16.3. The van der Waals surface area contributed by atoms with E-state index >= 15 is 0 Å². The normalized spacial score (nSPS) is 44.6. The molecular weight excluding hydrogens is 252 g/mol. The van der Waals surface area contributed by atoms with Crippen LogP contribution in [0.25, 0.3) is 0 Å². The van der Waals surface area contributed by atoms with E-state index in [2.05, 4.69) is 5.32 Å². The summed E-state index contributed by atoms with van der Waals surface area (Å²) < 4.78 is 0. The first kappa shape index (κ1) is 13.1. The molecule has 0 aromatic heterocycles. The Balaban J connectivity index is 1.40. The Bertz CT molecular complexity index is 378. The molecule has 1 heterocycles. The Kier molecular flexibility index (Phi) is 3.26. The van der Waals surface area contributed by atoms with Crippen LogP contribution in [0.2, 0.25) is 0 Å². The van der Waals surface area contributed by atoms with E-state index in [4.69, 9.17) is 0 Å². The Hall–Kier alpha value is -0.610. The van der Waals surface area contributed by atoms with E-state index in [1.165, 1.54) is 25.7 Å². The average Bonchev–Trinajstić information content (AvgIpc) is 2.87. The zero-order valence-electron chi connectivity index (χ0n) is 12.1. The molecule has 4 aliphatic rings. The number of fused-ring (bicyclic) bond motifs is 5. The number of hydrogen-bond donors (Lipinski definition) is 2. The van der Waals surface area contributed by atoms with Crippen LogP contribution in [-0.2, 0) is 4.79 Å². The molecule has 0 aromatic rings. The third-order valence-corrected chi connectivity index (χ3v) is 6.31. The van der Waals surface area contributed by atoms with Crippen LogP contribution in [0.15, 0.2) is 0 Å². The molecule has 3 saturated carbocycles. The third-order valence-electron chi connectivity index (χ3n) is 6.31. The largest absolute Gasteiger partial charge is 0.395 e. The minimum absolute atomic E-state index is 0.0906. The zero-order valence-corrected chi connectivity index (χ0v) is 12.1. The van der Waals surface area contributed by atoms with Crippen molar-refractivity contribution in [2.75, 3.05) is 26.2 Å². The number of aliphatic hydroxyl groups is 1. The minimum Gasteiger partial charge on any atom is -0.395 e. The van der Waals surface area contributed by atoms with Gasteiger partial charge in [-0.15, -0.1) is 0 Å². The highest BCUT2D eigenvalue weighted by Gasteiger charge is 2.67. The monoisotopic (exact) mass is 278 g/mol. The molecule has 3 aliphatic carbocycles. The summed E-state index contributed by atoms with van der Waals surface area (Å²) in [4.78, 5) is 14.8. The number of carbonyl (C=O) groups is 1. The van der Waals surface area contributed by atoms with Gasteiger partial charge in [-0.3, -0.25) is 4.79 Å². The molecule has 0 spiro atoms. The molecule has 1 saturated heterocycles. The molecule has 4 fully saturated rings. The molecule has 5 unspecified atom stereocenters. The lowest BCUT2D eigenvalue weighted by Gasteiger charge is -2.26. The van der Waals surface area contributed by atoms with Crippen LogP contribution in [-0.4, -0.2) is 48.2 Å². The highest BCUT2D eigenvalue weighted by Crippen LogP contribution is 2.69. The summed E-state index contributed by atoms with van der Waals surface area (Å²) in [5.41, 5.74) is 0. The van der Waals surface area contributed by atoms with E-state index in [-0.39, 0.29) is 6.61 Å². The van der Waals surface area contributed by atoms with Gasteiger partial charge in [0, 0.05) is 25.0 Å². The minimum atomic E-state index is 0.0906. The van der Waals surface area contributed by atoms with Crippen molar-refractivity contribution in [2.45, 2.75) is 38.1 Å². The van der Waals surface area contributed by atoms with Crippen molar-refractivity contribution in [3.63, 3.8) is 0 Å². The van der Waals surface area contributed by atoms with Crippen LogP contribution in [0.3, 0.4) is 0 Å². The number of amides is 1. The van der Waals surface area contributed by atoms with E-state index < -0.39 is 0 Å². The summed E-state index contributed by atoms with van der Waals surface area (Å²) in [5.74, 6) is 3.77. The fourth-order valence-electron chi connectivity index (χ4n) is 5.46. The van der Waals surface area contributed by atoms with Gasteiger partial charge in [-0.25, -0.2) is 0 Å². The lowest BCUT2D eigenvalue weighted by atomic mass is 10.0. The molecular formula is C16H26N2O2. The number of carbonyl (C=O) groups excluding carboxylic acids is 1. The lowest BCUT2D eigenvalue weighted by Crippen LogP contribution is -2.43. The fraction of sp³-hybridized carbons (Fsp3) is 0.938. The van der Waals surface area contributed by atoms with Crippen LogP contribution >= 0.6 is 0 Å². The van der Waals surface area contributed by atoms with Crippen molar-refractivity contribution in [1.82, 2.24) is 10.2 Å². The molecule has 112 valence electrons. The van der Waals surface area contributed by atoms with Gasteiger partial charge in [0.1, 0.15) is 0 Å². The van der Waals surface area contributed by atoms with Crippen LogP contribution < -0.4 is 5.32 Å².